The van der Waals surface area contributed by atoms with Crippen LogP contribution in [0.1, 0.15) is 42.5 Å². The minimum Gasteiger partial charge on any atom is -0.324 e. The van der Waals surface area contributed by atoms with Gasteiger partial charge in [-0.05, 0) is 51.5 Å². The van der Waals surface area contributed by atoms with Gasteiger partial charge >= 0.3 is 0 Å². The summed E-state index contributed by atoms with van der Waals surface area (Å²) in [4.78, 5) is 0. The highest BCUT2D eigenvalue weighted by molar-refractivity contribution is 9.10. The van der Waals surface area contributed by atoms with Crippen LogP contribution in [0.2, 0.25) is 0 Å². The molecule has 2 rings (SSSR count). The number of halogens is 3. The zero-order chi connectivity index (χ0) is 15.6. The number of nitrogens with two attached hydrogens (primary N) is 1. The molecule has 1 unspecified atom stereocenters. The molecule has 112 valence electrons. The molecule has 0 fully saturated rings. The molecule has 1 nitrogen and oxygen atoms in total. The molecule has 0 heterocycles. The van der Waals surface area contributed by atoms with Crippen LogP contribution in [0.4, 0.5) is 8.78 Å². The lowest BCUT2D eigenvalue weighted by atomic mass is 9.96. The van der Waals surface area contributed by atoms with Crippen LogP contribution in [0, 0.1) is 11.6 Å². The van der Waals surface area contributed by atoms with Crippen molar-refractivity contribution < 1.29 is 8.78 Å². The Morgan fingerprint density at radius 2 is 1.57 bits per heavy atom. The molecule has 1 atom stereocenters. The van der Waals surface area contributed by atoms with E-state index in [2.05, 4.69) is 29.8 Å². The summed E-state index contributed by atoms with van der Waals surface area (Å²) in [6, 6.07) is 10.0. The first-order valence-corrected chi connectivity index (χ1v) is 7.67. The first kappa shape index (κ1) is 16.1. The van der Waals surface area contributed by atoms with E-state index in [1.165, 1.54) is 17.7 Å². The van der Waals surface area contributed by atoms with E-state index < -0.39 is 17.7 Å². The molecule has 0 aliphatic carbocycles. The van der Waals surface area contributed by atoms with Crippen molar-refractivity contribution in [1.82, 2.24) is 0 Å². The van der Waals surface area contributed by atoms with E-state index >= 15 is 0 Å². The van der Waals surface area contributed by atoms with Crippen molar-refractivity contribution in [2.75, 3.05) is 0 Å². The Balaban J connectivity index is 2.22. The standard InChI is InChI=1S/C17H18BrF2N/c1-10(2)11-3-5-12(6-4-11)16(21)9-13-15(19)8-7-14(18)17(13)20/h3-8,10,16H,9,21H2,1-2H3. The molecule has 0 saturated heterocycles. The zero-order valence-corrected chi connectivity index (χ0v) is 13.6. The maximum atomic E-state index is 14.0. The molecular formula is C17H18BrF2N. The van der Waals surface area contributed by atoms with Crippen LogP contribution < -0.4 is 5.73 Å². The normalized spacial score (nSPS) is 12.7. The van der Waals surface area contributed by atoms with E-state index in [-0.39, 0.29) is 16.5 Å². The summed E-state index contributed by atoms with van der Waals surface area (Å²) in [7, 11) is 0. The van der Waals surface area contributed by atoms with E-state index in [9.17, 15) is 8.78 Å². The minimum atomic E-state index is -0.579. The van der Waals surface area contributed by atoms with Gasteiger partial charge < -0.3 is 5.73 Å². The van der Waals surface area contributed by atoms with E-state index in [1.54, 1.807) is 0 Å². The summed E-state index contributed by atoms with van der Waals surface area (Å²) in [5, 5.41) is 0. The third kappa shape index (κ3) is 3.69. The Labute approximate surface area is 132 Å². The summed E-state index contributed by atoms with van der Waals surface area (Å²) in [6.07, 6.45) is 0.123. The fourth-order valence-electron chi connectivity index (χ4n) is 2.22. The van der Waals surface area contributed by atoms with Crippen molar-refractivity contribution in [3.05, 3.63) is 69.2 Å². The lowest BCUT2D eigenvalue weighted by Gasteiger charge is -2.15. The molecule has 0 spiro atoms. The van der Waals surface area contributed by atoms with Crippen LogP contribution in [-0.4, -0.2) is 0 Å². The maximum Gasteiger partial charge on any atom is 0.143 e. The predicted octanol–water partition coefficient (Wildman–Crippen LogP) is 5.09. The summed E-state index contributed by atoms with van der Waals surface area (Å²) in [6.45, 7) is 4.22. The molecule has 0 radical (unpaired) electrons. The molecule has 0 aromatic heterocycles. The molecule has 0 saturated carbocycles. The largest absolute Gasteiger partial charge is 0.324 e. The lowest BCUT2D eigenvalue weighted by molar-refractivity contribution is 0.536. The monoisotopic (exact) mass is 353 g/mol. The SMILES string of the molecule is CC(C)c1ccc(C(N)Cc2c(F)ccc(Br)c2F)cc1. The predicted molar refractivity (Wildman–Crippen MR) is 85.2 cm³/mol. The highest BCUT2D eigenvalue weighted by atomic mass is 79.9. The molecule has 2 N–H and O–H groups in total. The van der Waals surface area contributed by atoms with Crippen LogP contribution in [0.5, 0.6) is 0 Å². The minimum absolute atomic E-state index is 0.0183. The van der Waals surface area contributed by atoms with Crippen molar-refractivity contribution in [3.63, 3.8) is 0 Å². The second-order valence-electron chi connectivity index (χ2n) is 5.45. The molecule has 0 aliphatic rings. The van der Waals surface area contributed by atoms with E-state index in [0.717, 1.165) is 5.56 Å². The third-order valence-electron chi connectivity index (χ3n) is 3.59. The van der Waals surface area contributed by atoms with Gasteiger partial charge in [0.15, 0.2) is 0 Å². The summed E-state index contributed by atoms with van der Waals surface area (Å²) in [5.74, 6) is -0.704. The smallest absolute Gasteiger partial charge is 0.143 e. The van der Waals surface area contributed by atoms with E-state index in [0.29, 0.717) is 5.92 Å². The molecular weight excluding hydrogens is 336 g/mol. The van der Waals surface area contributed by atoms with E-state index in [1.807, 2.05) is 24.3 Å². The number of benzene rings is 2. The number of hydrogen-bond donors (Lipinski definition) is 1. The van der Waals surface area contributed by atoms with Crippen molar-refractivity contribution in [1.29, 1.82) is 0 Å². The lowest BCUT2D eigenvalue weighted by Crippen LogP contribution is -2.15. The van der Waals surface area contributed by atoms with Crippen LogP contribution in [-0.2, 0) is 6.42 Å². The summed E-state index contributed by atoms with van der Waals surface area (Å²) in [5.41, 5.74) is 8.20. The summed E-state index contributed by atoms with van der Waals surface area (Å²) < 4.78 is 28.0. The molecule has 0 bridgehead atoms. The highest BCUT2D eigenvalue weighted by Crippen LogP contribution is 2.26. The van der Waals surface area contributed by atoms with Crippen LogP contribution in [0.15, 0.2) is 40.9 Å². The first-order chi connectivity index (χ1) is 9.90. The zero-order valence-electron chi connectivity index (χ0n) is 12.0. The van der Waals surface area contributed by atoms with Gasteiger partial charge in [-0.2, -0.15) is 0 Å². The van der Waals surface area contributed by atoms with Crippen LogP contribution in [0.25, 0.3) is 0 Å². The van der Waals surface area contributed by atoms with Crippen LogP contribution >= 0.6 is 15.9 Å². The fraction of sp³-hybridized carbons (Fsp3) is 0.294. The molecule has 4 heteroatoms. The third-order valence-corrected chi connectivity index (χ3v) is 4.21. The van der Waals surface area contributed by atoms with Crippen molar-refractivity contribution in [3.8, 4) is 0 Å². The van der Waals surface area contributed by atoms with Gasteiger partial charge in [0.2, 0.25) is 0 Å². The average molecular weight is 354 g/mol. The van der Waals surface area contributed by atoms with Crippen LogP contribution in [0.3, 0.4) is 0 Å². The second kappa shape index (κ2) is 6.67. The Hall–Kier alpha value is -1.26. The topological polar surface area (TPSA) is 26.0 Å². The molecule has 0 aliphatic heterocycles. The quantitative estimate of drug-likeness (QED) is 0.760. The van der Waals surface area contributed by atoms with Crippen molar-refractivity contribution >= 4 is 15.9 Å². The Morgan fingerprint density at radius 3 is 2.14 bits per heavy atom. The van der Waals surface area contributed by atoms with Gasteiger partial charge in [-0.15, -0.1) is 0 Å². The van der Waals surface area contributed by atoms with Gasteiger partial charge in [-0.25, -0.2) is 8.78 Å². The number of hydrogen-bond acceptors (Lipinski definition) is 1. The molecule has 2 aromatic rings. The van der Waals surface area contributed by atoms with Gasteiger partial charge in [0, 0.05) is 11.6 Å². The molecule has 21 heavy (non-hydrogen) atoms. The summed E-state index contributed by atoms with van der Waals surface area (Å²) >= 11 is 3.07. The van der Waals surface area contributed by atoms with Gasteiger partial charge in [0.1, 0.15) is 11.6 Å². The van der Waals surface area contributed by atoms with E-state index in [4.69, 9.17) is 5.73 Å². The van der Waals surface area contributed by atoms with Gasteiger partial charge in [0.05, 0.1) is 4.47 Å². The second-order valence-corrected chi connectivity index (χ2v) is 6.31. The maximum absolute atomic E-state index is 14.0. The van der Waals surface area contributed by atoms with Crippen molar-refractivity contribution in [2.45, 2.75) is 32.2 Å². The Morgan fingerprint density at radius 1 is 1.00 bits per heavy atom. The number of rotatable bonds is 4. The average Bonchev–Trinajstić information content (AvgIpc) is 2.47. The van der Waals surface area contributed by atoms with Gasteiger partial charge in [0.25, 0.3) is 0 Å². The Kier molecular flexibility index (Phi) is 5.12. The fourth-order valence-corrected chi connectivity index (χ4v) is 2.59. The molecule has 0 amide bonds. The molecule has 2 aromatic carbocycles. The Bertz CT molecular complexity index is 623. The van der Waals surface area contributed by atoms with Gasteiger partial charge in [-0.1, -0.05) is 38.1 Å². The van der Waals surface area contributed by atoms with Crippen molar-refractivity contribution in [2.24, 2.45) is 5.73 Å². The highest BCUT2D eigenvalue weighted by Gasteiger charge is 2.16. The first-order valence-electron chi connectivity index (χ1n) is 6.88. The van der Waals surface area contributed by atoms with Gasteiger partial charge in [-0.3, -0.25) is 0 Å².